The zero-order chi connectivity index (χ0) is 21.1. The number of carbonyl (C=O) groups excluding carboxylic acids is 2. The van der Waals surface area contributed by atoms with E-state index in [2.05, 4.69) is 5.32 Å². The molecule has 5 nitrogen and oxygen atoms in total. The number of rotatable bonds is 6. The molecule has 0 aliphatic carbocycles. The van der Waals surface area contributed by atoms with Crippen LogP contribution in [0, 0.1) is 6.92 Å². The van der Waals surface area contributed by atoms with Crippen molar-refractivity contribution in [3.8, 4) is 16.9 Å². The third-order valence-corrected chi connectivity index (χ3v) is 5.10. The van der Waals surface area contributed by atoms with Gasteiger partial charge in [0, 0.05) is 29.4 Å². The second-order valence-electron chi connectivity index (χ2n) is 7.09. The van der Waals surface area contributed by atoms with Crippen LogP contribution in [0.2, 0.25) is 0 Å². The zero-order valence-electron chi connectivity index (χ0n) is 16.9. The van der Waals surface area contributed by atoms with Gasteiger partial charge in [-0.15, -0.1) is 0 Å². The molecule has 0 fully saturated rings. The second-order valence-corrected chi connectivity index (χ2v) is 7.09. The van der Waals surface area contributed by atoms with Crippen LogP contribution >= 0.6 is 0 Å². The predicted octanol–water partition coefficient (Wildman–Crippen LogP) is 4.42. The van der Waals surface area contributed by atoms with Gasteiger partial charge in [-0.2, -0.15) is 0 Å². The maximum Gasteiger partial charge on any atom is 0.294 e. The molecule has 0 spiro atoms. The van der Waals surface area contributed by atoms with Gasteiger partial charge in [-0.05, 0) is 36.8 Å². The number of ether oxygens (including phenoxy) is 1. The summed E-state index contributed by atoms with van der Waals surface area (Å²) in [5, 5.41) is 2.73. The number of carbonyl (C=O) groups is 2. The maximum absolute atomic E-state index is 13.2. The first-order valence-electron chi connectivity index (χ1n) is 9.70. The molecule has 2 aromatic carbocycles. The number of aromatic nitrogens is 1. The topological polar surface area (TPSA) is 59.8 Å². The number of ketones is 1. The number of methoxy groups -OCH3 is 1. The molecule has 4 rings (SSSR count). The number of pyridine rings is 1. The van der Waals surface area contributed by atoms with E-state index in [1.54, 1.807) is 17.7 Å². The number of Topliss-reactive ketones (excluding diaryl/α,β-unsaturated/α-hetero) is 1. The average molecular weight is 398 g/mol. The Bertz CT molecular complexity index is 1220. The highest BCUT2D eigenvalue weighted by atomic mass is 16.5. The Morgan fingerprint density at radius 1 is 0.967 bits per heavy atom. The molecule has 2 aromatic heterocycles. The predicted molar refractivity (Wildman–Crippen MR) is 117 cm³/mol. The summed E-state index contributed by atoms with van der Waals surface area (Å²) in [6.45, 7) is 2.22. The standard InChI is InChI=1S/C25H22N2O3/c1-17-10-12-18(13-11-17)21-15-20-8-5-6-14-27(20)23(21)24(28)25(29)26-16-19-7-3-4-9-22(19)30-2/h3-15H,16H2,1-2H3,(H,26,29). The molecule has 0 atom stereocenters. The van der Waals surface area contributed by atoms with Crippen LogP contribution < -0.4 is 10.1 Å². The van der Waals surface area contributed by atoms with Crippen LogP contribution in [0.1, 0.15) is 21.6 Å². The Morgan fingerprint density at radius 3 is 2.47 bits per heavy atom. The maximum atomic E-state index is 13.2. The first kappa shape index (κ1) is 19.5. The number of benzene rings is 2. The zero-order valence-corrected chi connectivity index (χ0v) is 16.9. The molecule has 5 heteroatoms. The van der Waals surface area contributed by atoms with Crippen LogP contribution in [0.4, 0.5) is 0 Å². The van der Waals surface area contributed by atoms with E-state index < -0.39 is 11.7 Å². The number of aryl methyl sites for hydroxylation is 1. The summed E-state index contributed by atoms with van der Waals surface area (Å²) in [6.07, 6.45) is 1.80. The molecule has 30 heavy (non-hydrogen) atoms. The van der Waals surface area contributed by atoms with Crippen molar-refractivity contribution in [3.05, 3.63) is 95.8 Å². The van der Waals surface area contributed by atoms with Crippen molar-refractivity contribution in [2.75, 3.05) is 7.11 Å². The molecule has 0 aliphatic heterocycles. The van der Waals surface area contributed by atoms with E-state index in [0.717, 1.165) is 27.8 Å². The van der Waals surface area contributed by atoms with Crippen molar-refractivity contribution in [2.45, 2.75) is 13.5 Å². The molecule has 0 saturated heterocycles. The first-order chi connectivity index (χ1) is 14.6. The molecular weight excluding hydrogens is 376 g/mol. The molecule has 0 radical (unpaired) electrons. The molecule has 150 valence electrons. The molecule has 0 bridgehead atoms. The van der Waals surface area contributed by atoms with Gasteiger partial charge in [-0.1, -0.05) is 54.1 Å². The minimum atomic E-state index is -0.655. The van der Waals surface area contributed by atoms with Crippen molar-refractivity contribution in [3.63, 3.8) is 0 Å². The second kappa shape index (κ2) is 8.25. The quantitative estimate of drug-likeness (QED) is 0.386. The summed E-state index contributed by atoms with van der Waals surface area (Å²) in [6, 6.07) is 22.9. The highest BCUT2D eigenvalue weighted by Gasteiger charge is 2.24. The minimum Gasteiger partial charge on any atom is -0.496 e. The minimum absolute atomic E-state index is 0.206. The van der Waals surface area contributed by atoms with Crippen LogP contribution in [0.3, 0.4) is 0 Å². The molecule has 0 saturated carbocycles. The van der Waals surface area contributed by atoms with Gasteiger partial charge in [0.25, 0.3) is 11.7 Å². The number of nitrogens with zero attached hydrogens (tertiary/aromatic N) is 1. The van der Waals surface area contributed by atoms with E-state index in [0.29, 0.717) is 11.4 Å². The summed E-state index contributed by atoms with van der Waals surface area (Å²) in [4.78, 5) is 26.0. The molecule has 1 N–H and O–H groups in total. The molecular formula is C25H22N2O3. The SMILES string of the molecule is COc1ccccc1CNC(=O)C(=O)c1c(-c2ccc(C)cc2)cc2ccccn12. The Morgan fingerprint density at radius 2 is 1.70 bits per heavy atom. The smallest absolute Gasteiger partial charge is 0.294 e. The van der Waals surface area contributed by atoms with Gasteiger partial charge >= 0.3 is 0 Å². The lowest BCUT2D eigenvalue weighted by Gasteiger charge is -2.10. The number of para-hydroxylation sites is 1. The fourth-order valence-corrected chi connectivity index (χ4v) is 3.52. The van der Waals surface area contributed by atoms with Crippen molar-refractivity contribution in [2.24, 2.45) is 0 Å². The number of fused-ring (bicyclic) bond motifs is 1. The van der Waals surface area contributed by atoms with Crippen molar-refractivity contribution in [1.82, 2.24) is 9.72 Å². The largest absolute Gasteiger partial charge is 0.496 e. The highest BCUT2D eigenvalue weighted by molar-refractivity contribution is 6.43. The van der Waals surface area contributed by atoms with E-state index in [9.17, 15) is 9.59 Å². The van der Waals surface area contributed by atoms with Crippen molar-refractivity contribution < 1.29 is 14.3 Å². The van der Waals surface area contributed by atoms with Crippen LogP contribution in [0.25, 0.3) is 16.6 Å². The lowest BCUT2D eigenvalue weighted by atomic mass is 10.0. The van der Waals surface area contributed by atoms with E-state index >= 15 is 0 Å². The first-order valence-corrected chi connectivity index (χ1v) is 9.70. The molecule has 0 aliphatic rings. The lowest BCUT2D eigenvalue weighted by molar-refractivity contribution is -0.117. The van der Waals surface area contributed by atoms with Gasteiger partial charge in [0.15, 0.2) is 0 Å². The normalized spacial score (nSPS) is 10.7. The van der Waals surface area contributed by atoms with Gasteiger partial charge in [0.05, 0.1) is 7.11 Å². The van der Waals surface area contributed by atoms with Gasteiger partial charge < -0.3 is 14.5 Å². The third kappa shape index (κ3) is 3.70. The Balaban J connectivity index is 1.67. The lowest BCUT2D eigenvalue weighted by Crippen LogP contribution is -2.31. The average Bonchev–Trinajstić information content (AvgIpc) is 3.17. The van der Waals surface area contributed by atoms with Crippen LogP contribution in [-0.4, -0.2) is 23.2 Å². The Kier molecular flexibility index (Phi) is 5.35. The fourth-order valence-electron chi connectivity index (χ4n) is 3.52. The summed E-state index contributed by atoms with van der Waals surface area (Å²) < 4.78 is 7.08. The number of hydrogen-bond acceptors (Lipinski definition) is 3. The molecule has 1 amide bonds. The van der Waals surface area contributed by atoms with E-state index in [4.69, 9.17) is 4.74 Å². The summed E-state index contributed by atoms with van der Waals surface area (Å²) >= 11 is 0. The van der Waals surface area contributed by atoms with Crippen LogP contribution in [0.5, 0.6) is 5.75 Å². The number of nitrogens with one attached hydrogen (secondary N) is 1. The Hall–Kier alpha value is -3.86. The molecule has 0 unspecified atom stereocenters. The summed E-state index contributed by atoms with van der Waals surface area (Å²) in [7, 11) is 1.58. The van der Waals surface area contributed by atoms with E-state index in [-0.39, 0.29) is 6.54 Å². The monoisotopic (exact) mass is 398 g/mol. The molecule has 4 aromatic rings. The summed E-state index contributed by atoms with van der Waals surface area (Å²) in [5.74, 6) is -0.566. The highest BCUT2D eigenvalue weighted by Crippen LogP contribution is 2.28. The summed E-state index contributed by atoms with van der Waals surface area (Å²) in [5.41, 5.74) is 4.77. The van der Waals surface area contributed by atoms with Gasteiger partial charge in [0.2, 0.25) is 0 Å². The fraction of sp³-hybridized carbons (Fsp3) is 0.120. The number of hydrogen-bond donors (Lipinski definition) is 1. The molecule has 2 heterocycles. The van der Waals surface area contributed by atoms with Crippen molar-refractivity contribution in [1.29, 1.82) is 0 Å². The van der Waals surface area contributed by atoms with E-state index in [1.165, 1.54) is 0 Å². The third-order valence-electron chi connectivity index (χ3n) is 5.10. The number of amides is 1. The van der Waals surface area contributed by atoms with Gasteiger partial charge in [-0.25, -0.2) is 0 Å². The van der Waals surface area contributed by atoms with Gasteiger partial charge in [-0.3, -0.25) is 9.59 Å². The van der Waals surface area contributed by atoms with E-state index in [1.807, 2.05) is 79.7 Å². The van der Waals surface area contributed by atoms with Gasteiger partial charge in [0.1, 0.15) is 11.4 Å². The van der Waals surface area contributed by atoms with Crippen molar-refractivity contribution >= 4 is 17.2 Å². The van der Waals surface area contributed by atoms with Crippen LogP contribution in [-0.2, 0) is 11.3 Å². The Labute approximate surface area is 174 Å². The van der Waals surface area contributed by atoms with Crippen LogP contribution in [0.15, 0.2) is 79.0 Å².